The maximum Gasteiger partial charge on any atom is 0.147 e. The number of hydrogen-bond acceptors (Lipinski definition) is 9. The van der Waals surface area contributed by atoms with Crippen molar-refractivity contribution in [3.05, 3.63) is 86.2 Å². The van der Waals surface area contributed by atoms with Crippen LogP contribution in [0.25, 0.3) is 5.70 Å². The van der Waals surface area contributed by atoms with Gasteiger partial charge >= 0.3 is 0 Å². The molecule has 5 N–H and O–H groups in total. The number of aliphatic imine (C=N–C) groups is 1. The Morgan fingerprint density at radius 3 is 2.82 bits per heavy atom. The fourth-order valence-corrected chi connectivity index (χ4v) is 5.84. The molecule has 1 aromatic heterocycles. The van der Waals surface area contributed by atoms with Crippen molar-refractivity contribution < 1.29 is 9.50 Å². The number of benzene rings is 1. The summed E-state index contributed by atoms with van der Waals surface area (Å²) >= 11 is 8.80. The molecule has 1 aliphatic heterocycles. The number of aromatic nitrogens is 1. The van der Waals surface area contributed by atoms with Crippen LogP contribution in [-0.2, 0) is 6.42 Å². The van der Waals surface area contributed by atoms with Crippen LogP contribution in [0, 0.1) is 5.82 Å². The van der Waals surface area contributed by atoms with Crippen molar-refractivity contribution in [3.63, 3.8) is 0 Å². The Kier molecular flexibility index (Phi) is 12.5. The van der Waals surface area contributed by atoms with Gasteiger partial charge in [-0.15, -0.1) is 23.1 Å². The number of hydrogen-bond donors (Lipinski definition) is 4. The Morgan fingerprint density at radius 1 is 1.38 bits per heavy atom. The first-order chi connectivity index (χ1) is 18.8. The first kappa shape index (κ1) is 30.9. The lowest BCUT2D eigenvalue weighted by Gasteiger charge is -2.13. The quantitative estimate of drug-likeness (QED) is 0.0883. The van der Waals surface area contributed by atoms with Gasteiger partial charge < -0.3 is 26.4 Å². The number of nitrogens with zero attached hydrogens (tertiary/aromatic N) is 3. The van der Waals surface area contributed by atoms with E-state index in [1.807, 2.05) is 17.6 Å². The highest BCUT2D eigenvalue weighted by Gasteiger charge is 2.19. The third-order valence-electron chi connectivity index (χ3n) is 6.04. The van der Waals surface area contributed by atoms with Crippen molar-refractivity contribution in [1.82, 2.24) is 15.2 Å². The molecule has 1 aromatic carbocycles. The van der Waals surface area contributed by atoms with Gasteiger partial charge in [0.2, 0.25) is 0 Å². The van der Waals surface area contributed by atoms with E-state index in [2.05, 4.69) is 33.8 Å². The standard InChI is InChI=1S/C28H36ClFN6OS2/c1-19(6-7-21(15-31)16-33-24-9-8-22(29)14-23(24)30)34-18-38-17-26(32-3)27-25(35-28(39-27)20(2)37)10-13-36-11-4-5-12-36/h6-9,14-15,17,20,33-34,37H,1,3-5,10-13,16,18,31H2,2H3/b7-6-,21-15+,26-17-. The number of aliphatic hydroxyl groups is 1. The van der Waals surface area contributed by atoms with E-state index < -0.39 is 11.9 Å². The van der Waals surface area contributed by atoms with E-state index in [1.165, 1.54) is 48.2 Å². The van der Waals surface area contributed by atoms with Gasteiger partial charge in [-0.2, -0.15) is 0 Å². The number of allylic oxidation sites excluding steroid dienone is 1. The largest absolute Gasteiger partial charge is 0.404 e. The molecule has 2 heterocycles. The minimum absolute atomic E-state index is 0.341. The zero-order chi connectivity index (χ0) is 28.2. The van der Waals surface area contributed by atoms with Gasteiger partial charge in [-0.25, -0.2) is 9.37 Å². The molecule has 11 heteroatoms. The lowest BCUT2D eigenvalue weighted by molar-refractivity contribution is 0.198. The third-order valence-corrected chi connectivity index (χ3v) is 8.27. The predicted octanol–water partition coefficient (Wildman–Crippen LogP) is 5.93. The van der Waals surface area contributed by atoms with Crippen LogP contribution in [0.4, 0.5) is 10.1 Å². The number of thiazole rings is 1. The lowest BCUT2D eigenvalue weighted by Crippen LogP contribution is -2.22. The number of thioether (sulfide) groups is 1. The Labute approximate surface area is 243 Å². The molecule has 3 rings (SSSR count). The summed E-state index contributed by atoms with van der Waals surface area (Å²) in [5, 5.41) is 19.3. The number of nitrogens with one attached hydrogen (secondary N) is 2. The van der Waals surface area contributed by atoms with Crippen molar-refractivity contribution in [1.29, 1.82) is 0 Å². The van der Waals surface area contributed by atoms with E-state index in [0.717, 1.165) is 47.9 Å². The molecule has 0 saturated carbocycles. The molecule has 0 spiro atoms. The zero-order valence-electron chi connectivity index (χ0n) is 22.1. The van der Waals surface area contributed by atoms with Crippen molar-refractivity contribution in [3.8, 4) is 0 Å². The molecule has 1 saturated heterocycles. The average Bonchev–Trinajstić information content (AvgIpc) is 3.59. The number of anilines is 1. The van der Waals surface area contributed by atoms with Gasteiger partial charge in [0.1, 0.15) is 16.9 Å². The minimum Gasteiger partial charge on any atom is -0.404 e. The molecule has 1 aliphatic rings. The second kappa shape index (κ2) is 15.8. The summed E-state index contributed by atoms with van der Waals surface area (Å²) < 4.78 is 14.0. The highest BCUT2D eigenvalue weighted by atomic mass is 35.5. The highest BCUT2D eigenvalue weighted by Crippen LogP contribution is 2.32. The average molecular weight is 591 g/mol. The molecular weight excluding hydrogens is 555 g/mol. The molecule has 7 nitrogen and oxygen atoms in total. The van der Waals surface area contributed by atoms with E-state index >= 15 is 0 Å². The summed E-state index contributed by atoms with van der Waals surface area (Å²) in [6.45, 7) is 13.1. The highest BCUT2D eigenvalue weighted by molar-refractivity contribution is 8.02. The summed E-state index contributed by atoms with van der Waals surface area (Å²) in [5.41, 5.74) is 9.24. The first-order valence-electron chi connectivity index (χ1n) is 12.7. The second-order valence-electron chi connectivity index (χ2n) is 9.03. The lowest BCUT2D eigenvalue weighted by atomic mass is 10.2. The molecule has 0 amide bonds. The van der Waals surface area contributed by atoms with E-state index in [-0.39, 0.29) is 0 Å². The van der Waals surface area contributed by atoms with E-state index in [1.54, 1.807) is 19.1 Å². The topological polar surface area (TPSA) is 98.8 Å². The normalized spacial score (nSPS) is 15.6. The summed E-state index contributed by atoms with van der Waals surface area (Å²) in [7, 11) is 0. The van der Waals surface area contributed by atoms with E-state index in [4.69, 9.17) is 22.3 Å². The van der Waals surface area contributed by atoms with Crippen molar-refractivity contribution in [2.75, 3.05) is 37.4 Å². The van der Waals surface area contributed by atoms with Crippen molar-refractivity contribution in [2.45, 2.75) is 32.3 Å². The van der Waals surface area contributed by atoms with Gasteiger partial charge in [-0.1, -0.05) is 24.3 Å². The van der Waals surface area contributed by atoms with Crippen molar-refractivity contribution >= 4 is 52.8 Å². The Hall–Kier alpha value is -2.63. The van der Waals surface area contributed by atoms with Crippen LogP contribution in [0.1, 0.15) is 41.4 Å². The molecule has 1 fully saturated rings. The van der Waals surface area contributed by atoms with Gasteiger partial charge in [-0.3, -0.25) is 4.99 Å². The van der Waals surface area contributed by atoms with Crippen LogP contribution in [-0.4, -0.2) is 53.8 Å². The molecule has 1 unspecified atom stereocenters. The van der Waals surface area contributed by atoms with Crippen molar-refractivity contribution in [2.24, 2.45) is 10.7 Å². The Balaban J connectivity index is 1.52. The van der Waals surface area contributed by atoms with E-state index in [9.17, 15) is 9.50 Å². The number of nitrogens with two attached hydrogens (primary N) is 1. The molecule has 2 aromatic rings. The van der Waals surface area contributed by atoms with Crippen LogP contribution in [0.15, 0.2) is 64.8 Å². The fraction of sp³-hybridized carbons (Fsp3) is 0.357. The van der Waals surface area contributed by atoms with Crippen LogP contribution < -0.4 is 16.4 Å². The number of halogens is 2. The van der Waals surface area contributed by atoms with Crippen LogP contribution >= 0.6 is 34.7 Å². The molecule has 39 heavy (non-hydrogen) atoms. The van der Waals surface area contributed by atoms with Crippen LogP contribution in [0.2, 0.25) is 5.02 Å². The summed E-state index contributed by atoms with van der Waals surface area (Å²) in [6, 6.07) is 4.46. The summed E-state index contributed by atoms with van der Waals surface area (Å²) in [5.74, 6) is 0.134. The summed E-state index contributed by atoms with van der Waals surface area (Å²) in [4.78, 5) is 12.4. The summed E-state index contributed by atoms with van der Waals surface area (Å²) in [6.07, 6.45) is 7.76. The van der Waals surface area contributed by atoms with Gasteiger partial charge in [-0.05, 0) is 81.0 Å². The van der Waals surface area contributed by atoms with Gasteiger partial charge in [0.15, 0.2) is 0 Å². The smallest absolute Gasteiger partial charge is 0.147 e. The number of likely N-dealkylation sites (tertiary alicyclic amines) is 1. The molecular formula is C28H36ClFN6OS2. The maximum absolute atomic E-state index is 14.0. The predicted molar refractivity (Wildman–Crippen MR) is 166 cm³/mol. The van der Waals surface area contributed by atoms with E-state index in [0.29, 0.717) is 33.8 Å². The molecule has 210 valence electrons. The first-order valence-corrected chi connectivity index (χ1v) is 14.9. The molecule has 0 aliphatic carbocycles. The van der Waals surface area contributed by atoms with Gasteiger partial charge in [0.05, 0.1) is 27.8 Å². The third kappa shape index (κ3) is 9.81. The molecule has 0 bridgehead atoms. The molecule has 0 radical (unpaired) electrons. The van der Waals surface area contributed by atoms with Crippen LogP contribution in [0.3, 0.4) is 0 Å². The zero-order valence-corrected chi connectivity index (χ0v) is 24.5. The van der Waals surface area contributed by atoms with Gasteiger partial charge in [0, 0.05) is 30.2 Å². The SMILES string of the molecule is C=N/C(=C\SCNC(=C)/C=C\C(=C/N)CNc1ccc(Cl)cc1F)c1sc(C(C)O)nc1CCN1CCCC1. The molecule has 1 atom stereocenters. The fourth-order valence-electron chi connectivity index (χ4n) is 3.88. The Bertz CT molecular complexity index is 1220. The number of rotatable bonds is 15. The van der Waals surface area contributed by atoms with Crippen LogP contribution in [0.5, 0.6) is 0 Å². The number of aliphatic hydroxyl groups excluding tert-OH is 1. The minimum atomic E-state index is -0.627. The second-order valence-corrected chi connectivity index (χ2v) is 11.4. The Morgan fingerprint density at radius 2 is 2.15 bits per heavy atom. The monoisotopic (exact) mass is 590 g/mol. The van der Waals surface area contributed by atoms with Gasteiger partial charge in [0.25, 0.3) is 0 Å². The maximum atomic E-state index is 14.0.